The number of benzene rings is 1. The fourth-order valence-corrected chi connectivity index (χ4v) is 1.67. The Kier molecular flexibility index (Phi) is 8.00. The van der Waals surface area contributed by atoms with Gasteiger partial charge in [-0.2, -0.15) is 13.2 Å². The third-order valence-electron chi connectivity index (χ3n) is 2.21. The molecule has 3 N–H and O–H groups in total. The Hall–Kier alpha value is -0.920. The van der Waals surface area contributed by atoms with Crippen LogP contribution in [0.4, 0.5) is 13.2 Å². The van der Waals surface area contributed by atoms with Gasteiger partial charge in [0.1, 0.15) is 0 Å². The summed E-state index contributed by atoms with van der Waals surface area (Å²) in [5.74, 6) is -0.902. The monoisotopic (exact) mass is 329 g/mol. The molecule has 1 aromatic rings. The highest BCUT2D eigenvalue weighted by Gasteiger charge is 2.17. The summed E-state index contributed by atoms with van der Waals surface area (Å²) in [7, 11) is 0. The van der Waals surface area contributed by atoms with Gasteiger partial charge in [-0.05, 0) is 29.7 Å². The summed E-state index contributed by atoms with van der Waals surface area (Å²) in [6, 6.07) is 4.98. The molecule has 0 bridgehead atoms. The van der Waals surface area contributed by atoms with Crippen LogP contribution in [0.5, 0.6) is 0 Å². The Morgan fingerprint density at radius 3 is 2.35 bits per heavy atom. The normalized spacial score (nSPS) is 12.3. The molecule has 0 radical (unpaired) electrons. The molecule has 3 nitrogen and oxygen atoms in total. The number of halogens is 4. The fraction of sp³-hybridized carbons (Fsp3) is 0.417. The first-order valence-corrected chi connectivity index (χ1v) is 6.41. The van der Waals surface area contributed by atoms with Crippen molar-refractivity contribution in [2.45, 2.75) is 31.3 Å². The van der Waals surface area contributed by atoms with E-state index in [-0.39, 0.29) is 6.42 Å². The number of rotatable bonds is 4. The van der Waals surface area contributed by atoms with E-state index in [4.69, 9.17) is 22.4 Å². The first-order valence-electron chi connectivity index (χ1n) is 5.58. The molecule has 0 aliphatic heterocycles. The zero-order chi connectivity index (χ0) is 15.9. The van der Waals surface area contributed by atoms with Crippen LogP contribution in [0.1, 0.15) is 30.5 Å². The van der Waals surface area contributed by atoms with E-state index in [1.807, 2.05) is 19.1 Å². The maximum atomic E-state index is 10.5. The molecule has 0 aromatic heterocycles. The number of aryl methyl sites for hydroxylation is 1. The minimum Gasteiger partial charge on any atom is -0.481 e. The summed E-state index contributed by atoms with van der Waals surface area (Å²) < 4.78 is 30.7. The summed E-state index contributed by atoms with van der Waals surface area (Å²) in [6.07, 6.45) is 0.775. The summed E-state index contributed by atoms with van der Waals surface area (Å²) in [6.45, 7) is 2.01. The predicted molar refractivity (Wildman–Crippen MR) is 75.1 cm³/mol. The second-order valence-corrected chi connectivity index (χ2v) is 4.86. The SMILES string of the molecule is CCc1cc(Cl)cc(C(N)CC(=O)O)c1.FC(F)(F)S. The summed E-state index contributed by atoms with van der Waals surface area (Å²) in [5.41, 5.74) is 3.29. The van der Waals surface area contributed by atoms with E-state index in [9.17, 15) is 18.0 Å². The average molecular weight is 330 g/mol. The van der Waals surface area contributed by atoms with E-state index < -0.39 is 17.5 Å². The molecule has 0 amide bonds. The minimum atomic E-state index is -4.31. The van der Waals surface area contributed by atoms with Crippen molar-refractivity contribution >= 4 is 30.2 Å². The van der Waals surface area contributed by atoms with Crippen molar-refractivity contribution < 1.29 is 23.1 Å². The van der Waals surface area contributed by atoms with Crippen LogP contribution in [0.3, 0.4) is 0 Å². The Labute approximate surface area is 125 Å². The van der Waals surface area contributed by atoms with Gasteiger partial charge in [0.05, 0.1) is 6.42 Å². The zero-order valence-electron chi connectivity index (χ0n) is 10.6. The van der Waals surface area contributed by atoms with E-state index >= 15 is 0 Å². The molecule has 20 heavy (non-hydrogen) atoms. The fourth-order valence-electron chi connectivity index (χ4n) is 1.40. The standard InChI is InChI=1S/C11H14ClNO2.CHF3S/c1-2-7-3-8(5-9(12)4-7)10(13)6-11(14)15;2-1(3,4)5/h3-5,10H,2,6,13H2,1H3,(H,14,15);5H. The Bertz CT molecular complexity index is 449. The van der Waals surface area contributed by atoms with Crippen LogP contribution in [0.25, 0.3) is 0 Å². The van der Waals surface area contributed by atoms with Crippen molar-refractivity contribution in [2.75, 3.05) is 0 Å². The molecule has 1 aromatic carbocycles. The lowest BCUT2D eigenvalue weighted by molar-refractivity contribution is -0.137. The Morgan fingerprint density at radius 1 is 1.45 bits per heavy atom. The van der Waals surface area contributed by atoms with Crippen molar-refractivity contribution in [3.63, 3.8) is 0 Å². The van der Waals surface area contributed by atoms with Gasteiger partial charge in [0.2, 0.25) is 0 Å². The number of aliphatic carboxylic acids is 1. The van der Waals surface area contributed by atoms with Crippen molar-refractivity contribution in [1.82, 2.24) is 0 Å². The molecular weight excluding hydrogens is 315 g/mol. The summed E-state index contributed by atoms with van der Waals surface area (Å²) >= 11 is 8.03. The predicted octanol–water partition coefficient (Wildman–Crippen LogP) is 3.81. The lowest BCUT2D eigenvalue weighted by Gasteiger charge is -2.11. The molecule has 0 aliphatic carbocycles. The van der Waals surface area contributed by atoms with Gasteiger partial charge in [-0.3, -0.25) is 4.79 Å². The largest absolute Gasteiger partial charge is 0.481 e. The van der Waals surface area contributed by atoms with Gasteiger partial charge in [0, 0.05) is 11.1 Å². The Balaban J connectivity index is 0.000000621. The van der Waals surface area contributed by atoms with Gasteiger partial charge in [0.25, 0.3) is 0 Å². The molecule has 1 atom stereocenters. The first kappa shape index (κ1) is 19.1. The number of carbonyl (C=O) groups is 1. The highest BCUT2D eigenvalue weighted by atomic mass is 35.5. The highest BCUT2D eigenvalue weighted by molar-refractivity contribution is 7.81. The lowest BCUT2D eigenvalue weighted by atomic mass is 10.0. The molecule has 1 unspecified atom stereocenters. The molecule has 0 aliphatic rings. The van der Waals surface area contributed by atoms with Crippen LogP contribution < -0.4 is 5.73 Å². The van der Waals surface area contributed by atoms with Crippen LogP contribution in [-0.2, 0) is 11.2 Å². The minimum absolute atomic E-state index is 0.0799. The van der Waals surface area contributed by atoms with Crippen LogP contribution >= 0.6 is 24.2 Å². The molecule has 0 saturated carbocycles. The molecule has 0 spiro atoms. The van der Waals surface area contributed by atoms with Crippen LogP contribution in [0.2, 0.25) is 5.02 Å². The van der Waals surface area contributed by atoms with Gasteiger partial charge >= 0.3 is 11.5 Å². The van der Waals surface area contributed by atoms with Gasteiger partial charge in [-0.25, -0.2) is 0 Å². The first-order chi connectivity index (χ1) is 9.02. The number of alkyl halides is 3. The maximum Gasteiger partial charge on any atom is 0.438 e. The molecule has 0 fully saturated rings. The summed E-state index contributed by atoms with van der Waals surface area (Å²) in [5, 5.41) is 9.23. The zero-order valence-corrected chi connectivity index (χ0v) is 12.3. The van der Waals surface area contributed by atoms with Crippen LogP contribution in [-0.4, -0.2) is 16.6 Å². The van der Waals surface area contributed by atoms with Gasteiger partial charge in [-0.1, -0.05) is 37.2 Å². The van der Waals surface area contributed by atoms with Crippen molar-refractivity contribution in [3.8, 4) is 0 Å². The van der Waals surface area contributed by atoms with Crippen molar-refractivity contribution in [2.24, 2.45) is 5.73 Å². The van der Waals surface area contributed by atoms with E-state index in [0.717, 1.165) is 17.5 Å². The second-order valence-electron chi connectivity index (χ2n) is 3.92. The third-order valence-corrected chi connectivity index (χ3v) is 2.43. The lowest BCUT2D eigenvalue weighted by Crippen LogP contribution is -2.15. The van der Waals surface area contributed by atoms with E-state index in [1.165, 1.54) is 0 Å². The molecular formula is C12H15ClF3NO2S. The van der Waals surface area contributed by atoms with Crippen LogP contribution in [0.15, 0.2) is 18.2 Å². The number of carboxylic acids is 1. The molecule has 8 heteroatoms. The van der Waals surface area contributed by atoms with E-state index in [0.29, 0.717) is 5.02 Å². The Morgan fingerprint density at radius 2 is 1.95 bits per heavy atom. The topological polar surface area (TPSA) is 63.3 Å². The van der Waals surface area contributed by atoms with Gasteiger partial charge in [-0.15, -0.1) is 0 Å². The third kappa shape index (κ3) is 9.94. The number of nitrogens with two attached hydrogens (primary N) is 1. The average Bonchev–Trinajstić information content (AvgIpc) is 2.24. The molecule has 0 saturated heterocycles. The van der Waals surface area contributed by atoms with Gasteiger partial charge in [0.15, 0.2) is 0 Å². The van der Waals surface area contributed by atoms with Crippen molar-refractivity contribution in [3.05, 3.63) is 34.3 Å². The summed E-state index contributed by atoms with van der Waals surface area (Å²) in [4.78, 5) is 10.5. The number of carboxylic acid groups (broad SMARTS) is 1. The number of thiol groups is 1. The second kappa shape index (κ2) is 8.39. The maximum absolute atomic E-state index is 10.5. The molecule has 0 heterocycles. The van der Waals surface area contributed by atoms with Crippen LogP contribution in [0, 0.1) is 0 Å². The van der Waals surface area contributed by atoms with Crippen molar-refractivity contribution in [1.29, 1.82) is 0 Å². The quantitative estimate of drug-likeness (QED) is 0.736. The number of hydrogen-bond acceptors (Lipinski definition) is 3. The molecule has 1 rings (SSSR count). The number of hydrogen-bond donors (Lipinski definition) is 3. The van der Waals surface area contributed by atoms with E-state index in [2.05, 4.69) is 12.6 Å². The van der Waals surface area contributed by atoms with E-state index in [1.54, 1.807) is 6.07 Å². The van der Waals surface area contributed by atoms with Gasteiger partial charge < -0.3 is 10.8 Å². The smallest absolute Gasteiger partial charge is 0.438 e. The highest BCUT2D eigenvalue weighted by Crippen LogP contribution is 2.21. The molecule has 114 valence electrons.